The van der Waals surface area contributed by atoms with Gasteiger partial charge in [-0.3, -0.25) is 9.59 Å². The van der Waals surface area contributed by atoms with E-state index in [2.05, 4.69) is 5.32 Å². The molecule has 27 heavy (non-hydrogen) atoms. The Balaban J connectivity index is 1.86. The smallest absolute Gasteiger partial charge is 0.270 e. The summed E-state index contributed by atoms with van der Waals surface area (Å²) >= 11 is 5.95. The largest absolute Gasteiger partial charge is 0.337 e. The second-order valence-corrected chi connectivity index (χ2v) is 7.07. The van der Waals surface area contributed by atoms with Crippen molar-refractivity contribution in [3.8, 4) is 0 Å². The van der Waals surface area contributed by atoms with Crippen LogP contribution in [0.5, 0.6) is 0 Å². The summed E-state index contributed by atoms with van der Waals surface area (Å²) in [4.78, 5) is 27.6. The monoisotopic (exact) mass is 382 g/mol. The van der Waals surface area contributed by atoms with Crippen LogP contribution in [-0.4, -0.2) is 29.8 Å². The lowest BCUT2D eigenvalue weighted by atomic mass is 10.1. The minimum absolute atomic E-state index is 0.142. The Hall–Kier alpha value is -2.59. The van der Waals surface area contributed by atoms with Gasteiger partial charge in [0.25, 0.3) is 11.8 Å². The molecule has 0 radical (unpaired) electrons. The number of carbonyl (C=O) groups excluding carboxylic acids is 2. The Morgan fingerprint density at radius 1 is 0.889 bits per heavy atom. The number of nitrogens with zero attached hydrogens (tertiary/aromatic N) is 1. The molecule has 1 heterocycles. The topological polar surface area (TPSA) is 49.4 Å². The van der Waals surface area contributed by atoms with Crippen molar-refractivity contribution in [3.63, 3.8) is 0 Å². The van der Waals surface area contributed by atoms with Crippen LogP contribution in [0.3, 0.4) is 0 Å². The van der Waals surface area contributed by atoms with E-state index in [1.165, 1.54) is 0 Å². The molecule has 0 aromatic heterocycles. The fraction of sp³-hybridized carbons (Fsp3) is 0.273. The maximum atomic E-state index is 13.1. The van der Waals surface area contributed by atoms with Gasteiger partial charge < -0.3 is 10.2 Å². The van der Waals surface area contributed by atoms with Crippen molar-refractivity contribution in [2.75, 3.05) is 13.1 Å². The maximum absolute atomic E-state index is 13.1. The summed E-state index contributed by atoms with van der Waals surface area (Å²) in [6.45, 7) is 1.44. The van der Waals surface area contributed by atoms with Crippen LogP contribution in [0, 0.1) is 0 Å². The van der Waals surface area contributed by atoms with Crippen molar-refractivity contribution in [2.45, 2.75) is 25.7 Å². The number of rotatable bonds is 4. The van der Waals surface area contributed by atoms with Crippen LogP contribution in [0.25, 0.3) is 6.08 Å². The number of likely N-dealkylation sites (tertiary alicyclic amines) is 1. The Bertz CT molecular complexity index is 808. The van der Waals surface area contributed by atoms with E-state index in [-0.39, 0.29) is 17.5 Å². The third-order valence-corrected chi connectivity index (χ3v) is 4.84. The molecule has 1 aliphatic heterocycles. The Morgan fingerprint density at radius 3 is 2.15 bits per heavy atom. The molecule has 4 nitrogen and oxygen atoms in total. The van der Waals surface area contributed by atoms with Crippen molar-refractivity contribution in [2.24, 2.45) is 0 Å². The second-order valence-electron chi connectivity index (χ2n) is 6.64. The zero-order valence-electron chi connectivity index (χ0n) is 15.2. The molecule has 0 spiro atoms. The summed E-state index contributed by atoms with van der Waals surface area (Å²) in [5.74, 6) is -0.435. The van der Waals surface area contributed by atoms with Gasteiger partial charge in [0, 0.05) is 23.7 Å². The molecular weight excluding hydrogens is 360 g/mol. The van der Waals surface area contributed by atoms with E-state index in [4.69, 9.17) is 11.6 Å². The number of halogens is 1. The molecule has 5 heteroatoms. The van der Waals surface area contributed by atoms with E-state index in [0.717, 1.165) is 44.3 Å². The van der Waals surface area contributed by atoms with E-state index in [1.807, 2.05) is 23.1 Å². The first kappa shape index (κ1) is 19.2. The Labute approximate surface area is 164 Å². The molecule has 140 valence electrons. The van der Waals surface area contributed by atoms with Crippen LogP contribution < -0.4 is 5.32 Å². The number of hydrogen-bond acceptors (Lipinski definition) is 2. The zero-order chi connectivity index (χ0) is 19.1. The van der Waals surface area contributed by atoms with Gasteiger partial charge in [0.05, 0.1) is 0 Å². The van der Waals surface area contributed by atoms with Crippen molar-refractivity contribution < 1.29 is 9.59 Å². The summed E-state index contributed by atoms with van der Waals surface area (Å²) in [6.07, 6.45) is 5.97. The van der Waals surface area contributed by atoms with Gasteiger partial charge in [-0.1, -0.05) is 54.8 Å². The first-order valence-electron chi connectivity index (χ1n) is 9.26. The van der Waals surface area contributed by atoms with Crippen LogP contribution in [0.4, 0.5) is 0 Å². The van der Waals surface area contributed by atoms with Gasteiger partial charge in [-0.2, -0.15) is 0 Å². The highest BCUT2D eigenvalue weighted by Gasteiger charge is 2.21. The summed E-state index contributed by atoms with van der Waals surface area (Å²) in [5.41, 5.74) is 1.61. The lowest BCUT2D eigenvalue weighted by molar-refractivity contribution is -0.127. The average molecular weight is 383 g/mol. The van der Waals surface area contributed by atoms with Gasteiger partial charge in [-0.25, -0.2) is 0 Å². The van der Waals surface area contributed by atoms with Crippen LogP contribution >= 0.6 is 11.6 Å². The predicted molar refractivity (Wildman–Crippen MR) is 108 cm³/mol. The van der Waals surface area contributed by atoms with E-state index in [9.17, 15) is 9.59 Å². The molecule has 3 rings (SSSR count). The second kappa shape index (κ2) is 9.38. The highest BCUT2D eigenvalue weighted by atomic mass is 35.5. The lowest BCUT2D eigenvalue weighted by Crippen LogP contribution is -2.39. The van der Waals surface area contributed by atoms with Gasteiger partial charge in [0.15, 0.2) is 0 Å². The SMILES string of the molecule is O=C(N/C(=C/c1ccc(Cl)cc1)C(=O)N1CCCCCC1)c1ccccc1. The standard InChI is InChI=1S/C22H23ClN2O2/c23-19-12-10-17(11-13-19)16-20(22(27)25-14-6-1-2-7-15-25)24-21(26)18-8-4-3-5-9-18/h3-5,8-13,16H,1-2,6-7,14-15H2,(H,24,26)/b20-16+. The summed E-state index contributed by atoms with van der Waals surface area (Å²) in [7, 11) is 0. The van der Waals surface area contributed by atoms with E-state index in [0.29, 0.717) is 10.6 Å². The van der Waals surface area contributed by atoms with Crippen molar-refractivity contribution in [1.29, 1.82) is 0 Å². The minimum Gasteiger partial charge on any atom is -0.337 e. The molecule has 1 saturated heterocycles. The average Bonchev–Trinajstić information content (AvgIpc) is 2.98. The maximum Gasteiger partial charge on any atom is 0.270 e. The summed E-state index contributed by atoms with van der Waals surface area (Å²) < 4.78 is 0. The van der Waals surface area contributed by atoms with Crippen molar-refractivity contribution in [3.05, 3.63) is 76.4 Å². The number of amides is 2. The van der Waals surface area contributed by atoms with Crippen LogP contribution in [0.2, 0.25) is 5.02 Å². The molecular formula is C22H23ClN2O2. The summed E-state index contributed by atoms with van der Waals surface area (Å²) in [5, 5.41) is 3.44. The highest BCUT2D eigenvalue weighted by Crippen LogP contribution is 2.16. The van der Waals surface area contributed by atoms with Gasteiger partial charge in [-0.15, -0.1) is 0 Å². The Morgan fingerprint density at radius 2 is 1.52 bits per heavy atom. The first-order valence-corrected chi connectivity index (χ1v) is 9.64. The quantitative estimate of drug-likeness (QED) is 0.790. The zero-order valence-corrected chi connectivity index (χ0v) is 15.9. The molecule has 2 aromatic rings. The fourth-order valence-electron chi connectivity index (χ4n) is 3.11. The third-order valence-electron chi connectivity index (χ3n) is 4.59. The van der Waals surface area contributed by atoms with Crippen LogP contribution in [0.1, 0.15) is 41.6 Å². The fourth-order valence-corrected chi connectivity index (χ4v) is 3.23. The molecule has 0 bridgehead atoms. The van der Waals surface area contributed by atoms with Crippen molar-refractivity contribution >= 4 is 29.5 Å². The van der Waals surface area contributed by atoms with Gasteiger partial charge in [0.2, 0.25) is 0 Å². The molecule has 1 N–H and O–H groups in total. The molecule has 2 aromatic carbocycles. The van der Waals surface area contributed by atoms with Crippen LogP contribution in [0.15, 0.2) is 60.3 Å². The summed E-state index contributed by atoms with van der Waals surface area (Å²) in [6, 6.07) is 16.1. The van der Waals surface area contributed by atoms with Crippen LogP contribution in [-0.2, 0) is 4.79 Å². The first-order chi connectivity index (χ1) is 13.1. The van der Waals surface area contributed by atoms with Gasteiger partial charge in [-0.05, 0) is 48.7 Å². The van der Waals surface area contributed by atoms with E-state index in [1.54, 1.807) is 42.5 Å². The molecule has 2 amide bonds. The minimum atomic E-state index is -0.293. The molecule has 1 aliphatic rings. The molecule has 0 unspecified atom stereocenters. The normalized spacial score (nSPS) is 15.1. The number of hydrogen-bond donors (Lipinski definition) is 1. The van der Waals surface area contributed by atoms with E-state index >= 15 is 0 Å². The Kier molecular flexibility index (Phi) is 6.66. The predicted octanol–water partition coefficient (Wildman–Crippen LogP) is 4.51. The van der Waals surface area contributed by atoms with Gasteiger partial charge >= 0.3 is 0 Å². The van der Waals surface area contributed by atoms with E-state index < -0.39 is 0 Å². The number of carbonyl (C=O) groups is 2. The number of nitrogens with one attached hydrogen (secondary N) is 1. The highest BCUT2D eigenvalue weighted by molar-refractivity contribution is 6.30. The molecule has 0 saturated carbocycles. The molecule has 0 atom stereocenters. The van der Waals surface area contributed by atoms with Crippen molar-refractivity contribution in [1.82, 2.24) is 10.2 Å². The number of benzene rings is 2. The molecule has 0 aliphatic carbocycles. The lowest BCUT2D eigenvalue weighted by Gasteiger charge is -2.22. The third kappa shape index (κ3) is 5.44. The van der Waals surface area contributed by atoms with Gasteiger partial charge in [0.1, 0.15) is 5.70 Å². The molecule has 1 fully saturated rings.